The van der Waals surface area contributed by atoms with Crippen LogP contribution in [0.3, 0.4) is 0 Å². The Labute approximate surface area is 157 Å². The number of benzene rings is 1. The number of sulfonamides is 1. The van der Waals surface area contributed by atoms with Crippen LogP contribution in [-0.2, 0) is 10.0 Å². The van der Waals surface area contributed by atoms with Gasteiger partial charge in [-0.2, -0.15) is 4.31 Å². The van der Waals surface area contributed by atoms with E-state index in [1.54, 1.807) is 12.1 Å². The van der Waals surface area contributed by atoms with Gasteiger partial charge in [0.1, 0.15) is 0 Å². The van der Waals surface area contributed by atoms with Crippen LogP contribution in [0.1, 0.15) is 49.9 Å². The normalized spacial score (nSPS) is 17.6. The molecule has 146 valence electrons. The maximum atomic E-state index is 12.7. The molecule has 0 spiro atoms. The Morgan fingerprint density at radius 2 is 1.85 bits per heavy atom. The molecule has 1 saturated heterocycles. The summed E-state index contributed by atoms with van der Waals surface area (Å²) in [6.45, 7) is 7.67. The molecule has 1 aliphatic rings. The highest BCUT2D eigenvalue weighted by molar-refractivity contribution is 7.89. The first kappa shape index (κ1) is 20.9. The Hall–Kier alpha value is -1.44. The van der Waals surface area contributed by atoms with Crippen LogP contribution < -0.4 is 10.6 Å². The lowest BCUT2D eigenvalue weighted by Crippen LogP contribution is -2.32. The molecule has 6 nitrogen and oxygen atoms in total. The smallest absolute Gasteiger partial charge is 0.251 e. The van der Waals surface area contributed by atoms with Crippen molar-refractivity contribution in [3.8, 4) is 0 Å². The SMILES string of the molecule is CCCN(CCC)S(=O)(=O)c1ccc(C(=O)NCCC2CCNC2)cc1. The van der Waals surface area contributed by atoms with Crippen molar-refractivity contribution >= 4 is 15.9 Å². The van der Waals surface area contributed by atoms with Gasteiger partial charge >= 0.3 is 0 Å². The van der Waals surface area contributed by atoms with Gasteiger partial charge in [-0.3, -0.25) is 4.79 Å². The summed E-state index contributed by atoms with van der Waals surface area (Å²) in [6, 6.07) is 6.25. The largest absolute Gasteiger partial charge is 0.352 e. The van der Waals surface area contributed by atoms with Crippen molar-refractivity contribution < 1.29 is 13.2 Å². The summed E-state index contributed by atoms with van der Waals surface area (Å²) < 4.78 is 27.0. The second kappa shape index (κ2) is 10.0. The highest BCUT2D eigenvalue weighted by Crippen LogP contribution is 2.17. The monoisotopic (exact) mass is 381 g/mol. The van der Waals surface area contributed by atoms with Crippen LogP contribution in [0.25, 0.3) is 0 Å². The molecule has 1 aromatic rings. The third-order valence-electron chi connectivity index (χ3n) is 4.70. The van der Waals surface area contributed by atoms with Crippen molar-refractivity contribution in [1.82, 2.24) is 14.9 Å². The van der Waals surface area contributed by atoms with Crippen molar-refractivity contribution in [2.75, 3.05) is 32.7 Å². The van der Waals surface area contributed by atoms with Crippen molar-refractivity contribution in [2.45, 2.75) is 44.4 Å². The maximum absolute atomic E-state index is 12.7. The Balaban J connectivity index is 1.96. The molecule has 0 aromatic heterocycles. The summed E-state index contributed by atoms with van der Waals surface area (Å²) in [5.74, 6) is 0.477. The van der Waals surface area contributed by atoms with Crippen LogP contribution in [-0.4, -0.2) is 51.4 Å². The molecule has 1 unspecified atom stereocenters. The second-order valence-corrected chi connectivity index (χ2v) is 8.77. The predicted octanol–water partition coefficient (Wildman–Crippen LogP) is 2.23. The van der Waals surface area contributed by atoms with Gasteiger partial charge in [-0.25, -0.2) is 8.42 Å². The molecule has 26 heavy (non-hydrogen) atoms. The Morgan fingerprint density at radius 1 is 1.19 bits per heavy atom. The number of nitrogens with one attached hydrogen (secondary N) is 2. The predicted molar refractivity (Wildman–Crippen MR) is 104 cm³/mol. The number of hydrogen-bond donors (Lipinski definition) is 2. The van der Waals surface area contributed by atoms with Gasteiger partial charge in [0.25, 0.3) is 5.91 Å². The van der Waals surface area contributed by atoms with E-state index >= 15 is 0 Å². The van der Waals surface area contributed by atoms with Crippen LogP contribution in [0, 0.1) is 5.92 Å². The van der Waals surface area contributed by atoms with Crippen LogP contribution in [0.5, 0.6) is 0 Å². The molecule has 1 aliphatic heterocycles. The van der Waals surface area contributed by atoms with E-state index in [2.05, 4.69) is 10.6 Å². The van der Waals surface area contributed by atoms with E-state index in [0.717, 1.165) is 38.8 Å². The lowest BCUT2D eigenvalue weighted by atomic mass is 10.1. The fraction of sp³-hybridized carbons (Fsp3) is 0.632. The van der Waals surface area contributed by atoms with E-state index in [9.17, 15) is 13.2 Å². The number of hydrogen-bond acceptors (Lipinski definition) is 4. The first-order chi connectivity index (χ1) is 12.5. The van der Waals surface area contributed by atoms with Crippen molar-refractivity contribution in [3.05, 3.63) is 29.8 Å². The fourth-order valence-electron chi connectivity index (χ4n) is 3.23. The zero-order valence-electron chi connectivity index (χ0n) is 15.8. The van der Waals surface area contributed by atoms with E-state index in [0.29, 0.717) is 31.1 Å². The third-order valence-corrected chi connectivity index (χ3v) is 6.61. The summed E-state index contributed by atoms with van der Waals surface area (Å²) in [7, 11) is -3.50. The van der Waals surface area contributed by atoms with Crippen molar-refractivity contribution in [3.63, 3.8) is 0 Å². The van der Waals surface area contributed by atoms with Crippen LogP contribution in [0.15, 0.2) is 29.2 Å². The highest BCUT2D eigenvalue weighted by Gasteiger charge is 2.23. The lowest BCUT2D eigenvalue weighted by molar-refractivity contribution is 0.0951. The fourth-order valence-corrected chi connectivity index (χ4v) is 4.86. The van der Waals surface area contributed by atoms with Gasteiger partial charge in [0, 0.05) is 25.2 Å². The van der Waals surface area contributed by atoms with Gasteiger partial charge in [0.15, 0.2) is 0 Å². The van der Waals surface area contributed by atoms with Crippen LogP contribution in [0.4, 0.5) is 0 Å². The lowest BCUT2D eigenvalue weighted by Gasteiger charge is -2.21. The molecule has 0 bridgehead atoms. The van der Waals surface area contributed by atoms with Crippen molar-refractivity contribution in [1.29, 1.82) is 0 Å². The summed E-state index contributed by atoms with van der Waals surface area (Å²) in [4.78, 5) is 12.5. The summed E-state index contributed by atoms with van der Waals surface area (Å²) in [5.41, 5.74) is 0.492. The topological polar surface area (TPSA) is 78.5 Å². The number of carbonyl (C=O) groups excluding carboxylic acids is 1. The molecule has 0 saturated carbocycles. The standard InChI is InChI=1S/C19H31N3O3S/c1-3-13-22(14-4-2)26(24,25)18-7-5-17(6-8-18)19(23)21-12-10-16-9-11-20-15-16/h5-8,16,20H,3-4,9-15H2,1-2H3,(H,21,23). The molecule has 1 aromatic carbocycles. The van der Waals surface area contributed by atoms with Crippen LogP contribution in [0.2, 0.25) is 0 Å². The molecule has 1 amide bonds. The van der Waals surface area contributed by atoms with Gasteiger partial charge in [-0.1, -0.05) is 13.8 Å². The second-order valence-electron chi connectivity index (χ2n) is 6.83. The molecule has 2 N–H and O–H groups in total. The molecule has 1 heterocycles. The minimum Gasteiger partial charge on any atom is -0.352 e. The molecule has 1 fully saturated rings. The van der Waals surface area contributed by atoms with Gasteiger partial charge in [-0.15, -0.1) is 0 Å². The average Bonchev–Trinajstić information content (AvgIpc) is 3.15. The Bertz CT molecular complexity index is 662. The van der Waals surface area contributed by atoms with Gasteiger partial charge in [-0.05, 0) is 69.0 Å². The number of amides is 1. The first-order valence-corrected chi connectivity index (χ1v) is 11.0. The van der Waals surface area contributed by atoms with E-state index < -0.39 is 10.0 Å². The molecule has 0 radical (unpaired) electrons. The molecule has 2 rings (SSSR count). The summed E-state index contributed by atoms with van der Waals surface area (Å²) in [5, 5.41) is 6.24. The summed E-state index contributed by atoms with van der Waals surface area (Å²) in [6.07, 6.45) is 3.68. The van der Waals surface area contributed by atoms with Gasteiger partial charge in [0.2, 0.25) is 10.0 Å². The molecule has 1 atom stereocenters. The zero-order valence-corrected chi connectivity index (χ0v) is 16.6. The number of rotatable bonds is 10. The molecule has 0 aliphatic carbocycles. The van der Waals surface area contributed by atoms with E-state index in [4.69, 9.17) is 0 Å². The number of nitrogens with zero attached hydrogens (tertiary/aromatic N) is 1. The Morgan fingerprint density at radius 3 is 2.38 bits per heavy atom. The van der Waals surface area contributed by atoms with E-state index in [1.165, 1.54) is 16.4 Å². The minimum absolute atomic E-state index is 0.154. The average molecular weight is 382 g/mol. The Kier molecular flexibility index (Phi) is 8.06. The molecular formula is C19H31N3O3S. The zero-order chi connectivity index (χ0) is 19.0. The van der Waals surface area contributed by atoms with E-state index in [-0.39, 0.29) is 10.8 Å². The van der Waals surface area contributed by atoms with E-state index in [1.807, 2.05) is 13.8 Å². The number of carbonyl (C=O) groups is 1. The van der Waals surface area contributed by atoms with Crippen molar-refractivity contribution in [2.24, 2.45) is 5.92 Å². The van der Waals surface area contributed by atoms with Crippen LogP contribution >= 0.6 is 0 Å². The van der Waals surface area contributed by atoms with Gasteiger partial charge in [0.05, 0.1) is 4.90 Å². The first-order valence-electron chi connectivity index (χ1n) is 9.58. The highest BCUT2D eigenvalue weighted by atomic mass is 32.2. The maximum Gasteiger partial charge on any atom is 0.251 e. The molecule has 7 heteroatoms. The quantitative estimate of drug-likeness (QED) is 0.651. The van der Waals surface area contributed by atoms with Gasteiger partial charge < -0.3 is 10.6 Å². The summed E-state index contributed by atoms with van der Waals surface area (Å²) >= 11 is 0. The third kappa shape index (κ3) is 5.53. The molecular weight excluding hydrogens is 350 g/mol. The minimum atomic E-state index is -3.50.